The van der Waals surface area contributed by atoms with E-state index in [4.69, 9.17) is 0 Å². The highest BCUT2D eigenvalue weighted by atomic mass is 32.1. The molecule has 0 fully saturated rings. The van der Waals surface area contributed by atoms with Gasteiger partial charge in [-0.2, -0.15) is 0 Å². The maximum atomic E-state index is 4.52. The first kappa shape index (κ1) is 8.61. The van der Waals surface area contributed by atoms with E-state index < -0.39 is 0 Å². The molecule has 0 saturated heterocycles. The Hall–Kier alpha value is -1.68. The van der Waals surface area contributed by atoms with E-state index in [2.05, 4.69) is 28.3 Å². The van der Waals surface area contributed by atoms with E-state index in [0.717, 1.165) is 17.2 Å². The summed E-state index contributed by atoms with van der Waals surface area (Å²) >= 11 is 1.70. The number of nitrogens with zero attached hydrogens (tertiary/aromatic N) is 3. The van der Waals surface area contributed by atoms with Crippen LogP contribution in [0.5, 0.6) is 0 Å². The van der Waals surface area contributed by atoms with Gasteiger partial charge in [-0.05, 0) is 24.4 Å². The van der Waals surface area contributed by atoms with Gasteiger partial charge in [0.05, 0.1) is 4.88 Å². The maximum Gasteiger partial charge on any atom is 0.234 e. The van der Waals surface area contributed by atoms with Gasteiger partial charge in [0, 0.05) is 18.1 Å². The van der Waals surface area contributed by atoms with Crippen LogP contribution in [0.2, 0.25) is 0 Å². The topological polar surface area (TPSA) is 30.2 Å². The van der Waals surface area contributed by atoms with Gasteiger partial charge in [0.15, 0.2) is 0 Å². The molecule has 3 aromatic rings. The molecule has 0 spiro atoms. The Labute approximate surface area is 91.1 Å². The first-order valence-electron chi connectivity index (χ1n) is 4.70. The number of rotatable bonds is 1. The molecule has 0 saturated carbocycles. The maximum absolute atomic E-state index is 4.52. The standard InChI is InChI=1S/C11H9N3S/c1-8-10(9-4-2-7-15-9)13-11-12-5-3-6-14(8)11/h2-7H,1H3. The van der Waals surface area contributed by atoms with Crippen LogP contribution < -0.4 is 0 Å². The van der Waals surface area contributed by atoms with E-state index in [1.165, 1.54) is 4.88 Å². The summed E-state index contributed by atoms with van der Waals surface area (Å²) in [6.07, 6.45) is 3.75. The monoisotopic (exact) mass is 215 g/mol. The van der Waals surface area contributed by atoms with Crippen LogP contribution in [-0.4, -0.2) is 14.4 Å². The molecule has 0 bridgehead atoms. The van der Waals surface area contributed by atoms with Gasteiger partial charge in [-0.3, -0.25) is 4.40 Å². The summed E-state index contributed by atoms with van der Waals surface area (Å²) in [7, 11) is 0. The fourth-order valence-corrected chi connectivity index (χ4v) is 2.42. The molecule has 0 aliphatic heterocycles. The van der Waals surface area contributed by atoms with Crippen LogP contribution in [0.1, 0.15) is 5.69 Å². The van der Waals surface area contributed by atoms with Crippen molar-refractivity contribution in [1.82, 2.24) is 14.4 Å². The van der Waals surface area contributed by atoms with Gasteiger partial charge < -0.3 is 0 Å². The van der Waals surface area contributed by atoms with Gasteiger partial charge in [-0.25, -0.2) is 9.97 Å². The Bertz CT molecular complexity index is 595. The SMILES string of the molecule is Cc1c(-c2cccs2)nc2ncccn12. The van der Waals surface area contributed by atoms with Crippen molar-refractivity contribution >= 4 is 17.1 Å². The third-order valence-electron chi connectivity index (χ3n) is 2.40. The zero-order chi connectivity index (χ0) is 10.3. The molecule has 0 aliphatic rings. The van der Waals surface area contributed by atoms with E-state index in [1.807, 2.05) is 22.7 Å². The average molecular weight is 215 g/mol. The molecule has 0 radical (unpaired) electrons. The lowest BCUT2D eigenvalue weighted by atomic mass is 10.3. The highest BCUT2D eigenvalue weighted by molar-refractivity contribution is 7.13. The van der Waals surface area contributed by atoms with Crippen molar-refractivity contribution < 1.29 is 0 Å². The second kappa shape index (κ2) is 3.17. The van der Waals surface area contributed by atoms with Crippen LogP contribution in [-0.2, 0) is 0 Å². The third-order valence-corrected chi connectivity index (χ3v) is 3.27. The molecule has 0 aliphatic carbocycles. The molecule has 0 atom stereocenters. The lowest BCUT2D eigenvalue weighted by Gasteiger charge is -1.94. The molecular weight excluding hydrogens is 206 g/mol. The van der Waals surface area contributed by atoms with E-state index in [1.54, 1.807) is 17.5 Å². The van der Waals surface area contributed by atoms with Crippen molar-refractivity contribution in [1.29, 1.82) is 0 Å². The first-order chi connectivity index (χ1) is 7.36. The summed E-state index contributed by atoms with van der Waals surface area (Å²) in [6.45, 7) is 2.07. The van der Waals surface area contributed by atoms with Gasteiger partial charge >= 0.3 is 0 Å². The minimum absolute atomic E-state index is 0.762. The summed E-state index contributed by atoms with van der Waals surface area (Å²) in [5, 5.41) is 2.06. The number of aromatic nitrogens is 3. The molecule has 15 heavy (non-hydrogen) atoms. The zero-order valence-corrected chi connectivity index (χ0v) is 9.03. The molecule has 0 unspecified atom stereocenters. The van der Waals surface area contributed by atoms with Crippen LogP contribution >= 0.6 is 11.3 Å². The lowest BCUT2D eigenvalue weighted by Crippen LogP contribution is -1.87. The predicted octanol–water partition coefficient (Wildman–Crippen LogP) is 2.77. The molecular formula is C11H9N3S. The van der Waals surface area contributed by atoms with Crippen molar-refractivity contribution in [3.8, 4) is 10.6 Å². The van der Waals surface area contributed by atoms with Gasteiger partial charge in [0.2, 0.25) is 5.78 Å². The Morgan fingerprint density at radius 3 is 3.00 bits per heavy atom. The van der Waals surface area contributed by atoms with Crippen molar-refractivity contribution in [3.05, 3.63) is 41.7 Å². The Morgan fingerprint density at radius 2 is 2.27 bits per heavy atom. The summed E-state index contributed by atoms with van der Waals surface area (Å²) < 4.78 is 2.01. The van der Waals surface area contributed by atoms with Gasteiger partial charge in [0.1, 0.15) is 5.69 Å². The fraction of sp³-hybridized carbons (Fsp3) is 0.0909. The summed E-state index contributed by atoms with van der Waals surface area (Å²) in [5.74, 6) is 0.762. The summed E-state index contributed by atoms with van der Waals surface area (Å²) in [4.78, 5) is 9.94. The molecule has 3 nitrogen and oxygen atoms in total. The average Bonchev–Trinajstić information content (AvgIpc) is 2.87. The Morgan fingerprint density at radius 1 is 1.33 bits per heavy atom. The summed E-state index contributed by atoms with van der Waals surface area (Å²) in [5.41, 5.74) is 2.17. The van der Waals surface area contributed by atoms with Crippen molar-refractivity contribution in [3.63, 3.8) is 0 Å². The van der Waals surface area contributed by atoms with E-state index in [9.17, 15) is 0 Å². The van der Waals surface area contributed by atoms with Crippen molar-refractivity contribution in [2.24, 2.45) is 0 Å². The number of thiophene rings is 1. The van der Waals surface area contributed by atoms with Gasteiger partial charge in [-0.1, -0.05) is 6.07 Å². The molecule has 4 heteroatoms. The van der Waals surface area contributed by atoms with Gasteiger partial charge in [-0.15, -0.1) is 11.3 Å². The minimum Gasteiger partial charge on any atom is -0.288 e. The van der Waals surface area contributed by atoms with Crippen molar-refractivity contribution in [2.75, 3.05) is 0 Å². The summed E-state index contributed by atoms with van der Waals surface area (Å²) in [6, 6.07) is 6.04. The smallest absolute Gasteiger partial charge is 0.234 e. The third kappa shape index (κ3) is 1.26. The van der Waals surface area contributed by atoms with E-state index in [-0.39, 0.29) is 0 Å². The van der Waals surface area contributed by atoms with Crippen LogP contribution in [0.25, 0.3) is 16.3 Å². The number of imidazole rings is 1. The highest BCUT2D eigenvalue weighted by Crippen LogP contribution is 2.26. The van der Waals surface area contributed by atoms with E-state index >= 15 is 0 Å². The Kier molecular flexibility index (Phi) is 1.82. The normalized spacial score (nSPS) is 11.0. The van der Waals surface area contributed by atoms with Crippen LogP contribution in [0, 0.1) is 6.92 Å². The number of aryl methyl sites for hydroxylation is 1. The fourth-order valence-electron chi connectivity index (χ4n) is 1.65. The van der Waals surface area contributed by atoms with Crippen molar-refractivity contribution in [2.45, 2.75) is 6.92 Å². The largest absolute Gasteiger partial charge is 0.288 e. The quantitative estimate of drug-likeness (QED) is 0.624. The number of hydrogen-bond acceptors (Lipinski definition) is 3. The Balaban J connectivity index is 2.33. The molecule has 74 valence electrons. The van der Waals surface area contributed by atoms with Crippen LogP contribution in [0.4, 0.5) is 0 Å². The lowest BCUT2D eigenvalue weighted by molar-refractivity contribution is 1.06. The molecule has 3 aromatic heterocycles. The zero-order valence-electron chi connectivity index (χ0n) is 8.21. The second-order valence-corrected chi connectivity index (χ2v) is 4.26. The van der Waals surface area contributed by atoms with E-state index in [0.29, 0.717) is 0 Å². The number of fused-ring (bicyclic) bond motifs is 1. The highest BCUT2D eigenvalue weighted by Gasteiger charge is 2.10. The molecule has 0 amide bonds. The van der Waals surface area contributed by atoms with Crippen LogP contribution in [0.15, 0.2) is 36.0 Å². The first-order valence-corrected chi connectivity index (χ1v) is 5.58. The predicted molar refractivity (Wildman–Crippen MR) is 61.0 cm³/mol. The number of hydrogen-bond donors (Lipinski definition) is 0. The second-order valence-electron chi connectivity index (χ2n) is 3.31. The molecule has 0 aromatic carbocycles. The minimum atomic E-state index is 0.762. The van der Waals surface area contributed by atoms with Crippen LogP contribution in [0.3, 0.4) is 0 Å². The van der Waals surface area contributed by atoms with Gasteiger partial charge in [0.25, 0.3) is 0 Å². The molecule has 3 rings (SSSR count). The molecule has 0 N–H and O–H groups in total. The molecule has 3 heterocycles.